The summed E-state index contributed by atoms with van der Waals surface area (Å²) in [5.74, 6) is -1.62. The molecule has 1 aliphatic heterocycles. The van der Waals surface area contributed by atoms with Gasteiger partial charge >= 0.3 is 6.03 Å². The number of aliphatic hydroxyl groups excluding tert-OH is 1. The van der Waals surface area contributed by atoms with Crippen LogP contribution in [0.3, 0.4) is 0 Å². The number of aromatic nitrogens is 1. The van der Waals surface area contributed by atoms with E-state index < -0.39 is 40.0 Å². The number of rotatable bonds is 16. The first-order chi connectivity index (χ1) is 23.6. The van der Waals surface area contributed by atoms with Crippen LogP contribution in [0.15, 0.2) is 58.8 Å². The first-order valence-electron chi connectivity index (χ1n) is 16.7. The summed E-state index contributed by atoms with van der Waals surface area (Å²) in [5, 5.41) is 30.2. The molecule has 4 amide bonds. The van der Waals surface area contributed by atoms with Crippen molar-refractivity contribution >= 4 is 44.9 Å². The molecule has 0 saturated carbocycles. The fourth-order valence-corrected chi connectivity index (χ4v) is 8.29. The number of sulfonamides is 1. The summed E-state index contributed by atoms with van der Waals surface area (Å²) >= 11 is 1.51. The van der Waals surface area contributed by atoms with Gasteiger partial charge < -0.3 is 30.6 Å². The predicted octanol–water partition coefficient (Wildman–Crippen LogP) is 3.81. The van der Waals surface area contributed by atoms with Gasteiger partial charge in [0.05, 0.1) is 40.0 Å². The number of anilines is 1. The van der Waals surface area contributed by atoms with Gasteiger partial charge in [-0.25, -0.2) is 18.2 Å². The third kappa shape index (κ3) is 9.80. The number of carbonyl (C=O) groups is 3. The van der Waals surface area contributed by atoms with E-state index in [1.54, 1.807) is 9.80 Å². The summed E-state index contributed by atoms with van der Waals surface area (Å²) in [5.41, 5.74) is 1.55. The normalized spacial score (nSPS) is 15.5. The Morgan fingerprint density at radius 2 is 1.76 bits per heavy atom. The molecule has 1 saturated heterocycles. The second-order valence-corrected chi connectivity index (χ2v) is 16.4. The van der Waals surface area contributed by atoms with E-state index in [0.717, 1.165) is 20.6 Å². The van der Waals surface area contributed by atoms with Crippen molar-refractivity contribution in [3.8, 4) is 5.75 Å². The molecule has 1 unspecified atom stereocenters. The lowest BCUT2D eigenvalue weighted by Crippen LogP contribution is -2.57. The molecule has 15 heteroatoms. The number of aromatic hydroxyl groups is 1. The van der Waals surface area contributed by atoms with Crippen LogP contribution in [0.4, 0.5) is 10.5 Å². The Morgan fingerprint density at radius 1 is 1.06 bits per heavy atom. The highest BCUT2D eigenvalue weighted by Gasteiger charge is 2.40. The van der Waals surface area contributed by atoms with Crippen LogP contribution in [0.5, 0.6) is 5.75 Å². The zero-order chi connectivity index (χ0) is 36.7. The molecule has 4 rings (SSSR count). The molecular weight excluding hydrogens is 681 g/mol. The number of urea groups is 1. The third-order valence-corrected chi connectivity index (χ3v) is 11.0. The minimum atomic E-state index is -4.25. The van der Waals surface area contributed by atoms with Gasteiger partial charge in [-0.15, -0.1) is 11.3 Å². The molecule has 13 nitrogen and oxygen atoms in total. The zero-order valence-electron chi connectivity index (χ0n) is 29.4. The number of thiazole rings is 1. The van der Waals surface area contributed by atoms with Crippen LogP contribution in [0.1, 0.15) is 50.9 Å². The molecule has 1 aliphatic rings. The molecule has 3 aromatic rings. The van der Waals surface area contributed by atoms with E-state index in [-0.39, 0.29) is 53.7 Å². The van der Waals surface area contributed by atoms with Crippen molar-refractivity contribution in [1.82, 2.24) is 24.4 Å². The van der Waals surface area contributed by atoms with Gasteiger partial charge in [0.1, 0.15) is 11.8 Å². The van der Waals surface area contributed by atoms with Crippen molar-refractivity contribution in [2.24, 2.45) is 11.8 Å². The van der Waals surface area contributed by atoms with Gasteiger partial charge in [-0.2, -0.15) is 4.31 Å². The maximum absolute atomic E-state index is 14.1. The van der Waals surface area contributed by atoms with Crippen LogP contribution >= 0.6 is 11.3 Å². The minimum absolute atomic E-state index is 0.0486. The summed E-state index contributed by atoms with van der Waals surface area (Å²) in [6.45, 7) is 11.4. The molecule has 0 spiro atoms. The topological polar surface area (TPSA) is 172 Å². The van der Waals surface area contributed by atoms with E-state index >= 15 is 0 Å². The predicted molar refractivity (Wildman–Crippen MR) is 192 cm³/mol. The molecule has 2 aromatic carbocycles. The van der Waals surface area contributed by atoms with Crippen molar-refractivity contribution in [1.29, 1.82) is 0 Å². The SMILES string of the molecule is CC(=O)Nc1cc(S(=O)(=O)N(CC(C)C)C[C@@H](O)[C@H](Cc2ccccc2)NC(=O)C(C(C)C)N2CCN(Cc3csc(C)n3)C2=O)ccc1O. The summed E-state index contributed by atoms with van der Waals surface area (Å²) in [6, 6.07) is 10.8. The van der Waals surface area contributed by atoms with Crippen LogP contribution in [0.2, 0.25) is 0 Å². The monoisotopic (exact) mass is 728 g/mol. The van der Waals surface area contributed by atoms with Gasteiger partial charge in [-0.1, -0.05) is 58.0 Å². The number of nitrogens with one attached hydrogen (secondary N) is 2. The maximum atomic E-state index is 14.1. The molecular formula is C35H48N6O7S2. The molecule has 1 aromatic heterocycles. The number of nitrogens with zero attached hydrogens (tertiary/aromatic N) is 4. The summed E-state index contributed by atoms with van der Waals surface area (Å²) < 4.78 is 29.2. The number of aliphatic hydroxyl groups is 1. The standard InChI is InChI=1S/C35H48N6O7S2/c1-22(2)18-40(50(47,48)28-12-13-31(43)30(17-28)36-24(5)42)20-32(44)29(16-26-10-8-7-9-11-26)38-34(45)33(23(3)4)41-15-14-39(35(41)46)19-27-21-49-25(6)37-27/h7-13,17,21-23,29,32-33,43-44H,14-16,18-20H2,1-6H3,(H,36,42)(H,38,45)/t29-,32+,33?/m0/s1. The number of benzene rings is 2. The molecule has 272 valence electrons. The fourth-order valence-electron chi connectivity index (χ4n) is 6.03. The fraction of sp³-hybridized carbons (Fsp3) is 0.486. The van der Waals surface area contributed by atoms with Crippen LogP contribution < -0.4 is 10.6 Å². The minimum Gasteiger partial charge on any atom is -0.506 e. The van der Waals surface area contributed by atoms with E-state index in [1.165, 1.54) is 36.5 Å². The van der Waals surface area contributed by atoms with Crippen LogP contribution in [-0.2, 0) is 32.6 Å². The molecule has 4 N–H and O–H groups in total. The summed E-state index contributed by atoms with van der Waals surface area (Å²) in [4.78, 5) is 46.8. The first-order valence-corrected chi connectivity index (χ1v) is 19.0. The van der Waals surface area contributed by atoms with Gasteiger partial charge in [0.15, 0.2) is 0 Å². The number of hydrogen-bond acceptors (Lipinski definition) is 9. The Labute approximate surface area is 298 Å². The van der Waals surface area contributed by atoms with Crippen molar-refractivity contribution < 1.29 is 33.0 Å². The third-order valence-electron chi connectivity index (χ3n) is 8.35. The molecule has 50 heavy (non-hydrogen) atoms. The Hall–Kier alpha value is -4.05. The lowest BCUT2D eigenvalue weighted by Gasteiger charge is -2.34. The van der Waals surface area contributed by atoms with E-state index in [0.29, 0.717) is 19.6 Å². The second-order valence-electron chi connectivity index (χ2n) is 13.4. The van der Waals surface area contributed by atoms with E-state index in [1.807, 2.05) is 70.3 Å². The van der Waals surface area contributed by atoms with Crippen molar-refractivity contribution in [2.45, 2.75) is 77.6 Å². The average Bonchev–Trinajstić information content (AvgIpc) is 3.61. The lowest BCUT2D eigenvalue weighted by molar-refractivity contribution is -0.128. The Bertz CT molecular complexity index is 1750. The van der Waals surface area contributed by atoms with Crippen molar-refractivity contribution in [3.63, 3.8) is 0 Å². The quantitative estimate of drug-likeness (QED) is 0.161. The average molecular weight is 729 g/mol. The van der Waals surface area contributed by atoms with E-state index in [4.69, 9.17) is 0 Å². The number of phenolic OH excluding ortho intramolecular Hbond substituents is 1. The van der Waals surface area contributed by atoms with Crippen LogP contribution in [-0.4, -0.2) is 99.9 Å². The molecule has 0 aliphatic carbocycles. The van der Waals surface area contributed by atoms with Gasteiger partial charge in [0.2, 0.25) is 21.8 Å². The molecule has 0 radical (unpaired) electrons. The second kappa shape index (κ2) is 16.8. The Balaban J connectivity index is 1.59. The Morgan fingerprint density at radius 3 is 2.36 bits per heavy atom. The van der Waals surface area contributed by atoms with E-state index in [2.05, 4.69) is 15.6 Å². The smallest absolute Gasteiger partial charge is 0.321 e. The van der Waals surface area contributed by atoms with Crippen molar-refractivity contribution in [2.75, 3.05) is 31.5 Å². The lowest BCUT2D eigenvalue weighted by atomic mass is 9.97. The van der Waals surface area contributed by atoms with Gasteiger partial charge in [-0.3, -0.25) is 9.59 Å². The number of aryl methyl sites for hydroxylation is 1. The first kappa shape index (κ1) is 38.7. The number of phenols is 1. The van der Waals surface area contributed by atoms with Crippen LogP contribution in [0, 0.1) is 18.8 Å². The van der Waals surface area contributed by atoms with Gasteiger partial charge in [0, 0.05) is 38.5 Å². The largest absolute Gasteiger partial charge is 0.506 e. The van der Waals surface area contributed by atoms with Crippen molar-refractivity contribution in [3.05, 3.63) is 70.2 Å². The number of carbonyl (C=O) groups excluding carboxylic acids is 3. The highest BCUT2D eigenvalue weighted by atomic mass is 32.2. The highest BCUT2D eigenvalue weighted by Crippen LogP contribution is 2.29. The molecule has 0 bridgehead atoms. The number of amides is 4. The number of hydrogen-bond donors (Lipinski definition) is 4. The Kier molecular flexibility index (Phi) is 13.0. The van der Waals surface area contributed by atoms with E-state index in [9.17, 15) is 33.0 Å². The van der Waals surface area contributed by atoms with Gasteiger partial charge in [0.25, 0.3) is 0 Å². The van der Waals surface area contributed by atoms with Crippen LogP contribution in [0.25, 0.3) is 0 Å². The molecule has 3 atom stereocenters. The summed E-state index contributed by atoms with van der Waals surface area (Å²) in [6.07, 6.45) is -1.16. The molecule has 1 fully saturated rings. The zero-order valence-corrected chi connectivity index (χ0v) is 31.0. The maximum Gasteiger partial charge on any atom is 0.321 e. The highest BCUT2D eigenvalue weighted by molar-refractivity contribution is 7.89. The molecule has 2 heterocycles. The van der Waals surface area contributed by atoms with Gasteiger partial charge in [-0.05, 0) is 48.9 Å². The summed E-state index contributed by atoms with van der Waals surface area (Å²) in [7, 11) is -4.25.